The van der Waals surface area contributed by atoms with Gasteiger partial charge in [-0.3, -0.25) is 10.4 Å². The van der Waals surface area contributed by atoms with E-state index in [0.29, 0.717) is 22.2 Å². The van der Waals surface area contributed by atoms with Crippen LogP contribution in [-0.2, 0) is 0 Å². The highest BCUT2D eigenvalue weighted by Gasteiger charge is 2.10. The van der Waals surface area contributed by atoms with Crippen LogP contribution in [0.15, 0.2) is 41.8 Å². The van der Waals surface area contributed by atoms with Crippen molar-refractivity contribution in [1.29, 1.82) is 0 Å². The minimum absolute atomic E-state index is 0.0612. The first-order valence-corrected chi connectivity index (χ1v) is 7.00. The van der Waals surface area contributed by atoms with Crippen LogP contribution >= 0.6 is 12.2 Å². The highest BCUT2D eigenvalue weighted by Crippen LogP contribution is 2.36. The summed E-state index contributed by atoms with van der Waals surface area (Å²) < 4.78 is 10.2. The maximum Gasteiger partial charge on any atom is 0.200 e. The van der Waals surface area contributed by atoms with Crippen LogP contribution in [-0.4, -0.2) is 35.6 Å². The zero-order chi connectivity index (χ0) is 16.7. The minimum atomic E-state index is -0.0612. The van der Waals surface area contributed by atoms with E-state index in [1.807, 2.05) is 6.07 Å². The molecule has 1 aromatic carbocycles. The van der Waals surface area contributed by atoms with E-state index in [2.05, 4.69) is 20.8 Å². The second-order valence-electron chi connectivity index (χ2n) is 4.34. The van der Waals surface area contributed by atoms with Crippen molar-refractivity contribution >= 4 is 29.2 Å². The summed E-state index contributed by atoms with van der Waals surface area (Å²) in [6, 6.07) is 6.88. The smallest absolute Gasteiger partial charge is 0.200 e. The highest BCUT2D eigenvalue weighted by atomic mass is 32.1. The molecule has 0 unspecified atom stereocenters. The molecule has 120 valence electrons. The van der Waals surface area contributed by atoms with Crippen LogP contribution in [0.5, 0.6) is 17.2 Å². The highest BCUT2D eigenvalue weighted by molar-refractivity contribution is 7.80. The fraction of sp³-hybridized carbons (Fsp3) is 0.133. The predicted molar refractivity (Wildman–Crippen MR) is 92.4 cm³/mol. The molecule has 2 rings (SSSR count). The van der Waals surface area contributed by atoms with Crippen molar-refractivity contribution in [1.82, 2.24) is 10.4 Å². The summed E-state index contributed by atoms with van der Waals surface area (Å²) in [5, 5.41) is 17.1. The number of phenolic OH excluding ortho intramolecular Hbond substituents is 1. The molecular formula is C15H16N4O3S. The molecule has 0 spiro atoms. The first-order chi connectivity index (χ1) is 11.1. The van der Waals surface area contributed by atoms with Gasteiger partial charge in [0.15, 0.2) is 16.6 Å². The van der Waals surface area contributed by atoms with Crippen LogP contribution in [0, 0.1) is 0 Å². The van der Waals surface area contributed by atoms with Gasteiger partial charge in [0.2, 0.25) is 5.75 Å². The Kier molecular flexibility index (Phi) is 5.70. The van der Waals surface area contributed by atoms with Crippen LogP contribution in [0.3, 0.4) is 0 Å². The summed E-state index contributed by atoms with van der Waals surface area (Å²) >= 11 is 5.12. The van der Waals surface area contributed by atoms with Gasteiger partial charge >= 0.3 is 0 Å². The quantitative estimate of drug-likeness (QED) is 0.439. The number of rotatable bonds is 5. The zero-order valence-electron chi connectivity index (χ0n) is 12.6. The summed E-state index contributed by atoms with van der Waals surface area (Å²) in [6.07, 6.45) is 4.85. The standard InChI is InChI=1S/C15H16N4O3S/c1-21-12-6-10(7-13(22-2)14(12)20)8-17-19-15(23)18-11-4-3-5-16-9-11/h3-9,20H,1-2H3,(H2,18,19,23)/b17-8+. The number of methoxy groups -OCH3 is 2. The van der Waals surface area contributed by atoms with E-state index in [-0.39, 0.29) is 5.75 Å². The van der Waals surface area contributed by atoms with Crippen LogP contribution in [0.25, 0.3) is 0 Å². The van der Waals surface area contributed by atoms with Crippen LogP contribution in [0.4, 0.5) is 5.69 Å². The van der Waals surface area contributed by atoms with E-state index in [4.69, 9.17) is 21.7 Å². The van der Waals surface area contributed by atoms with Crippen LogP contribution in [0.2, 0.25) is 0 Å². The Bertz CT molecular complexity index is 682. The molecule has 1 aromatic heterocycles. The zero-order valence-corrected chi connectivity index (χ0v) is 13.4. The number of phenols is 1. The number of benzene rings is 1. The summed E-state index contributed by atoms with van der Waals surface area (Å²) in [4.78, 5) is 3.97. The van der Waals surface area contributed by atoms with Gasteiger partial charge in [-0.05, 0) is 36.5 Å². The van der Waals surface area contributed by atoms with Crippen molar-refractivity contribution < 1.29 is 14.6 Å². The number of hydrogen-bond acceptors (Lipinski definition) is 6. The number of anilines is 1. The van der Waals surface area contributed by atoms with Gasteiger partial charge in [-0.2, -0.15) is 5.10 Å². The second-order valence-corrected chi connectivity index (χ2v) is 4.75. The van der Waals surface area contributed by atoms with Gasteiger partial charge in [0.1, 0.15) is 0 Å². The Labute approximate surface area is 139 Å². The molecule has 23 heavy (non-hydrogen) atoms. The fourth-order valence-electron chi connectivity index (χ4n) is 1.75. The van der Waals surface area contributed by atoms with Crippen molar-refractivity contribution in [2.24, 2.45) is 5.10 Å². The number of nitrogens with one attached hydrogen (secondary N) is 2. The van der Waals surface area contributed by atoms with Gasteiger partial charge in [-0.25, -0.2) is 0 Å². The van der Waals surface area contributed by atoms with Gasteiger partial charge in [-0.15, -0.1) is 0 Å². The molecule has 1 heterocycles. The lowest BCUT2D eigenvalue weighted by Crippen LogP contribution is -2.23. The third kappa shape index (κ3) is 4.55. The van der Waals surface area contributed by atoms with Crippen molar-refractivity contribution in [3.8, 4) is 17.2 Å². The van der Waals surface area contributed by atoms with Gasteiger partial charge in [-0.1, -0.05) is 0 Å². The van der Waals surface area contributed by atoms with Gasteiger partial charge in [0.25, 0.3) is 0 Å². The molecular weight excluding hydrogens is 316 g/mol. The maximum absolute atomic E-state index is 9.84. The summed E-state index contributed by atoms with van der Waals surface area (Å²) in [7, 11) is 2.92. The fourth-order valence-corrected chi connectivity index (χ4v) is 1.92. The summed E-state index contributed by atoms with van der Waals surface area (Å²) in [5.41, 5.74) is 4.12. The van der Waals surface area contributed by atoms with Gasteiger partial charge in [0.05, 0.1) is 32.3 Å². The Morgan fingerprint density at radius 2 is 2.00 bits per heavy atom. The first-order valence-electron chi connectivity index (χ1n) is 6.59. The number of hydrazone groups is 1. The number of nitrogens with zero attached hydrogens (tertiary/aromatic N) is 2. The molecule has 8 heteroatoms. The Balaban J connectivity index is 2.01. The number of hydrogen-bond donors (Lipinski definition) is 3. The monoisotopic (exact) mass is 332 g/mol. The van der Waals surface area contributed by atoms with E-state index < -0.39 is 0 Å². The minimum Gasteiger partial charge on any atom is -0.502 e. The lowest BCUT2D eigenvalue weighted by atomic mass is 10.2. The van der Waals surface area contributed by atoms with Crippen molar-refractivity contribution in [3.05, 3.63) is 42.2 Å². The maximum atomic E-state index is 9.84. The molecule has 2 aromatic rings. The number of aromatic nitrogens is 1. The average molecular weight is 332 g/mol. The summed E-state index contributed by atoms with van der Waals surface area (Å²) in [6.45, 7) is 0. The number of ether oxygens (including phenoxy) is 2. The van der Waals surface area contributed by atoms with Gasteiger partial charge < -0.3 is 19.9 Å². The topological polar surface area (TPSA) is 88.0 Å². The van der Waals surface area contributed by atoms with E-state index in [1.165, 1.54) is 20.4 Å². The summed E-state index contributed by atoms with van der Waals surface area (Å²) in [5.74, 6) is 0.526. The number of thiocarbonyl (C=S) groups is 1. The van der Waals surface area contributed by atoms with Crippen LogP contribution in [0.1, 0.15) is 5.56 Å². The van der Waals surface area contributed by atoms with Crippen LogP contribution < -0.4 is 20.2 Å². The molecule has 0 amide bonds. The molecule has 0 saturated heterocycles. The molecule has 0 bridgehead atoms. The molecule has 0 atom stereocenters. The molecule has 7 nitrogen and oxygen atoms in total. The molecule has 0 saturated carbocycles. The molecule has 0 fully saturated rings. The Morgan fingerprint density at radius 1 is 1.30 bits per heavy atom. The Hall–Kier alpha value is -2.87. The SMILES string of the molecule is COc1cc(/C=N/NC(=S)Nc2cccnc2)cc(OC)c1O. The van der Waals surface area contributed by atoms with E-state index in [1.54, 1.807) is 30.6 Å². The van der Waals surface area contributed by atoms with E-state index in [0.717, 1.165) is 5.69 Å². The molecule has 0 aliphatic rings. The van der Waals surface area contributed by atoms with E-state index in [9.17, 15) is 5.11 Å². The van der Waals surface area contributed by atoms with E-state index >= 15 is 0 Å². The van der Waals surface area contributed by atoms with Gasteiger partial charge in [0, 0.05) is 11.8 Å². The van der Waals surface area contributed by atoms with Crippen molar-refractivity contribution in [3.63, 3.8) is 0 Å². The lowest BCUT2D eigenvalue weighted by Gasteiger charge is -2.09. The molecule has 0 aliphatic carbocycles. The largest absolute Gasteiger partial charge is 0.502 e. The first kappa shape index (κ1) is 16.5. The lowest BCUT2D eigenvalue weighted by molar-refractivity contribution is 0.340. The molecule has 0 aliphatic heterocycles. The van der Waals surface area contributed by atoms with Crippen molar-refractivity contribution in [2.75, 3.05) is 19.5 Å². The normalized spacial score (nSPS) is 10.3. The third-order valence-electron chi connectivity index (χ3n) is 2.80. The second kappa shape index (κ2) is 7.95. The number of aromatic hydroxyl groups is 1. The Morgan fingerprint density at radius 3 is 2.57 bits per heavy atom. The number of pyridine rings is 1. The third-order valence-corrected chi connectivity index (χ3v) is 2.99. The van der Waals surface area contributed by atoms with Crippen molar-refractivity contribution in [2.45, 2.75) is 0 Å². The molecule has 0 radical (unpaired) electrons. The predicted octanol–water partition coefficient (Wildman–Crippen LogP) is 2.12. The molecule has 3 N–H and O–H groups in total. The average Bonchev–Trinajstić information content (AvgIpc) is 2.57.